The van der Waals surface area contributed by atoms with Crippen LogP contribution in [0.3, 0.4) is 0 Å². The van der Waals surface area contributed by atoms with Gasteiger partial charge >= 0.3 is 0 Å². The molecule has 4 rings (SSSR count). The van der Waals surface area contributed by atoms with E-state index in [-0.39, 0.29) is 0 Å². The Hall–Kier alpha value is -2.81. The first kappa shape index (κ1) is 13.8. The van der Waals surface area contributed by atoms with Gasteiger partial charge in [0.2, 0.25) is 0 Å². The fourth-order valence-corrected chi connectivity index (χ4v) is 3.30. The van der Waals surface area contributed by atoms with Gasteiger partial charge in [0.1, 0.15) is 5.75 Å². The number of ether oxygens (including phenoxy) is 1. The van der Waals surface area contributed by atoms with Crippen LogP contribution in [-0.4, -0.2) is 16.7 Å². The summed E-state index contributed by atoms with van der Waals surface area (Å²) in [6.07, 6.45) is 4.77. The molecule has 114 valence electrons. The van der Waals surface area contributed by atoms with E-state index in [1.165, 1.54) is 32.9 Å². The van der Waals surface area contributed by atoms with E-state index in [1.807, 2.05) is 24.5 Å². The van der Waals surface area contributed by atoms with Crippen molar-refractivity contribution in [2.75, 3.05) is 7.11 Å². The van der Waals surface area contributed by atoms with Crippen LogP contribution in [0.1, 0.15) is 11.1 Å². The zero-order valence-corrected chi connectivity index (χ0v) is 13.3. The van der Waals surface area contributed by atoms with E-state index in [4.69, 9.17) is 4.74 Å². The lowest BCUT2D eigenvalue weighted by Crippen LogP contribution is -1.93. The van der Waals surface area contributed by atoms with Crippen LogP contribution in [0.25, 0.3) is 21.8 Å². The molecule has 2 heterocycles. The summed E-state index contributed by atoms with van der Waals surface area (Å²) in [7, 11) is 3.80. The van der Waals surface area contributed by atoms with Crippen molar-refractivity contribution in [3.8, 4) is 5.75 Å². The molecule has 2 aromatic carbocycles. The fourth-order valence-electron chi connectivity index (χ4n) is 3.30. The highest BCUT2D eigenvalue weighted by atomic mass is 16.5. The molecule has 0 aliphatic heterocycles. The molecule has 4 aromatic rings. The summed E-state index contributed by atoms with van der Waals surface area (Å²) in [4.78, 5) is 4.46. The van der Waals surface area contributed by atoms with Gasteiger partial charge in [-0.3, -0.25) is 4.98 Å². The van der Waals surface area contributed by atoms with Gasteiger partial charge in [0, 0.05) is 29.5 Å². The number of methoxy groups -OCH3 is 1. The Bertz CT molecular complexity index is 1000. The van der Waals surface area contributed by atoms with Crippen molar-refractivity contribution in [2.24, 2.45) is 7.05 Å². The van der Waals surface area contributed by atoms with E-state index in [2.05, 4.69) is 53.0 Å². The maximum Gasteiger partial charge on any atom is 0.119 e. The number of aryl methyl sites for hydroxylation is 1. The number of hydrogen-bond donors (Lipinski definition) is 0. The van der Waals surface area contributed by atoms with E-state index in [0.29, 0.717) is 0 Å². The van der Waals surface area contributed by atoms with Crippen LogP contribution < -0.4 is 4.74 Å². The minimum Gasteiger partial charge on any atom is -0.497 e. The molecular formula is C20H18N2O. The van der Waals surface area contributed by atoms with Crippen LogP contribution in [0.5, 0.6) is 5.75 Å². The molecule has 0 amide bonds. The summed E-state index contributed by atoms with van der Waals surface area (Å²) < 4.78 is 7.55. The molecule has 0 saturated carbocycles. The molecule has 0 bridgehead atoms. The Morgan fingerprint density at radius 2 is 1.87 bits per heavy atom. The number of para-hydroxylation sites is 1. The fraction of sp³-hybridized carbons (Fsp3) is 0.150. The zero-order valence-electron chi connectivity index (χ0n) is 13.3. The van der Waals surface area contributed by atoms with Gasteiger partial charge < -0.3 is 9.30 Å². The van der Waals surface area contributed by atoms with Crippen LogP contribution in [0, 0.1) is 0 Å². The summed E-state index contributed by atoms with van der Waals surface area (Å²) in [6, 6.07) is 16.7. The molecule has 3 heteroatoms. The van der Waals surface area contributed by atoms with Gasteiger partial charge in [-0.15, -0.1) is 0 Å². The third-order valence-corrected chi connectivity index (χ3v) is 4.43. The number of benzene rings is 2. The van der Waals surface area contributed by atoms with Gasteiger partial charge in [-0.1, -0.05) is 30.3 Å². The molecule has 3 nitrogen and oxygen atoms in total. The van der Waals surface area contributed by atoms with Crippen molar-refractivity contribution in [3.05, 3.63) is 72.1 Å². The lowest BCUT2D eigenvalue weighted by Gasteiger charge is -2.06. The third kappa shape index (κ3) is 2.25. The molecular weight excluding hydrogens is 284 g/mol. The topological polar surface area (TPSA) is 27.1 Å². The average Bonchev–Trinajstić information content (AvgIpc) is 2.89. The highest BCUT2D eigenvalue weighted by Gasteiger charge is 2.12. The Balaban J connectivity index is 1.91. The highest BCUT2D eigenvalue weighted by molar-refractivity contribution is 6.09. The summed E-state index contributed by atoms with van der Waals surface area (Å²) in [5.74, 6) is 0.889. The molecule has 0 saturated heterocycles. The molecule has 0 N–H and O–H groups in total. The first-order valence-electron chi connectivity index (χ1n) is 7.71. The highest BCUT2D eigenvalue weighted by Crippen LogP contribution is 2.31. The quantitative estimate of drug-likeness (QED) is 0.563. The van der Waals surface area contributed by atoms with E-state index < -0.39 is 0 Å². The van der Waals surface area contributed by atoms with E-state index in [9.17, 15) is 0 Å². The number of hydrogen-bond acceptors (Lipinski definition) is 2. The van der Waals surface area contributed by atoms with Crippen LogP contribution in [0.4, 0.5) is 0 Å². The minimum atomic E-state index is 0.843. The van der Waals surface area contributed by atoms with E-state index in [0.717, 1.165) is 12.2 Å². The monoisotopic (exact) mass is 302 g/mol. The molecule has 2 aromatic heterocycles. The number of pyridine rings is 1. The molecule has 0 radical (unpaired) electrons. The van der Waals surface area contributed by atoms with Crippen LogP contribution >= 0.6 is 0 Å². The average molecular weight is 302 g/mol. The number of fused-ring (bicyclic) bond motifs is 3. The van der Waals surface area contributed by atoms with E-state index >= 15 is 0 Å². The predicted octanol–water partition coefficient (Wildman–Crippen LogP) is 4.33. The van der Waals surface area contributed by atoms with Crippen molar-refractivity contribution in [3.63, 3.8) is 0 Å². The molecule has 0 fully saturated rings. The van der Waals surface area contributed by atoms with Crippen LogP contribution in [-0.2, 0) is 13.5 Å². The normalized spacial score (nSPS) is 11.2. The maximum absolute atomic E-state index is 5.33. The van der Waals surface area contributed by atoms with Gasteiger partial charge in [0.05, 0.1) is 18.8 Å². The molecule has 23 heavy (non-hydrogen) atoms. The van der Waals surface area contributed by atoms with Crippen molar-refractivity contribution in [2.45, 2.75) is 6.42 Å². The summed E-state index contributed by atoms with van der Waals surface area (Å²) >= 11 is 0. The summed E-state index contributed by atoms with van der Waals surface area (Å²) in [5.41, 5.74) is 4.88. The smallest absolute Gasteiger partial charge is 0.119 e. The molecule has 0 unspecified atom stereocenters. The maximum atomic E-state index is 5.33. The first-order chi connectivity index (χ1) is 11.3. The third-order valence-electron chi connectivity index (χ3n) is 4.43. The zero-order chi connectivity index (χ0) is 15.8. The molecule has 0 spiro atoms. The first-order valence-corrected chi connectivity index (χ1v) is 7.71. The summed E-state index contributed by atoms with van der Waals surface area (Å²) in [5, 5.41) is 2.58. The van der Waals surface area contributed by atoms with Gasteiger partial charge in [0.15, 0.2) is 0 Å². The van der Waals surface area contributed by atoms with Crippen molar-refractivity contribution in [1.29, 1.82) is 0 Å². The standard InChI is InChI=1S/C20H18N2O/c1-22-18-9-4-3-8-17(18)20-15(12-21-13-19(20)22)10-14-6-5-7-16(11-14)23-2/h3-9,11-13H,10H2,1-2H3. The van der Waals surface area contributed by atoms with Gasteiger partial charge in [0.25, 0.3) is 0 Å². The van der Waals surface area contributed by atoms with E-state index in [1.54, 1.807) is 7.11 Å². The van der Waals surface area contributed by atoms with Crippen molar-refractivity contribution < 1.29 is 4.74 Å². The second-order valence-corrected chi connectivity index (χ2v) is 5.80. The van der Waals surface area contributed by atoms with Crippen LogP contribution in [0.2, 0.25) is 0 Å². The van der Waals surface area contributed by atoms with Crippen molar-refractivity contribution in [1.82, 2.24) is 9.55 Å². The summed E-state index contributed by atoms with van der Waals surface area (Å²) in [6.45, 7) is 0. The largest absolute Gasteiger partial charge is 0.497 e. The Kier molecular flexibility index (Phi) is 3.27. The number of nitrogens with zero attached hydrogens (tertiary/aromatic N) is 2. The second-order valence-electron chi connectivity index (χ2n) is 5.80. The molecule has 0 aliphatic rings. The lowest BCUT2D eigenvalue weighted by molar-refractivity contribution is 0.414. The van der Waals surface area contributed by atoms with Gasteiger partial charge in [-0.05, 0) is 35.7 Å². The Morgan fingerprint density at radius 3 is 2.74 bits per heavy atom. The Morgan fingerprint density at radius 1 is 1.00 bits per heavy atom. The second kappa shape index (κ2) is 5.43. The van der Waals surface area contributed by atoms with Crippen LogP contribution in [0.15, 0.2) is 60.9 Å². The number of rotatable bonds is 3. The number of aromatic nitrogens is 2. The molecule has 0 atom stereocenters. The SMILES string of the molecule is COc1cccc(Cc2cncc3c2c2ccccc2n3C)c1. The predicted molar refractivity (Wildman–Crippen MR) is 94.0 cm³/mol. The van der Waals surface area contributed by atoms with Crippen molar-refractivity contribution >= 4 is 21.8 Å². The lowest BCUT2D eigenvalue weighted by atomic mass is 10.0. The Labute approximate surface area is 135 Å². The minimum absolute atomic E-state index is 0.843. The molecule has 0 aliphatic carbocycles. The van der Waals surface area contributed by atoms with Gasteiger partial charge in [-0.25, -0.2) is 0 Å². The van der Waals surface area contributed by atoms with Gasteiger partial charge in [-0.2, -0.15) is 0 Å².